The molecule has 0 saturated heterocycles. The van der Waals surface area contributed by atoms with Crippen molar-refractivity contribution < 1.29 is 15.0 Å². The SMILES string of the molecule is CCCCCCCCC(C)C(O)C(=O)O. The molecule has 2 unspecified atom stereocenters. The van der Waals surface area contributed by atoms with Gasteiger partial charge in [0.2, 0.25) is 0 Å². The molecule has 0 radical (unpaired) electrons. The van der Waals surface area contributed by atoms with Gasteiger partial charge in [-0.25, -0.2) is 4.79 Å². The molecule has 2 N–H and O–H groups in total. The molecule has 2 atom stereocenters. The molecule has 3 nitrogen and oxygen atoms in total. The van der Waals surface area contributed by atoms with Crippen LogP contribution in [0.25, 0.3) is 0 Å². The van der Waals surface area contributed by atoms with E-state index in [1.807, 2.05) is 0 Å². The molecule has 0 heterocycles. The molecule has 0 spiro atoms. The molecule has 3 heteroatoms. The Bertz CT molecular complexity index is 168. The zero-order valence-electron chi connectivity index (χ0n) is 9.91. The number of hydrogen-bond donors (Lipinski definition) is 2. The van der Waals surface area contributed by atoms with Crippen molar-refractivity contribution in [1.82, 2.24) is 0 Å². The lowest BCUT2D eigenvalue weighted by atomic mass is 9.97. The van der Waals surface area contributed by atoms with Crippen LogP contribution in [0.3, 0.4) is 0 Å². The topological polar surface area (TPSA) is 57.5 Å². The summed E-state index contributed by atoms with van der Waals surface area (Å²) in [7, 11) is 0. The molecule has 0 aromatic heterocycles. The Morgan fingerprint density at radius 1 is 1.13 bits per heavy atom. The van der Waals surface area contributed by atoms with Crippen molar-refractivity contribution in [2.75, 3.05) is 0 Å². The lowest BCUT2D eigenvalue weighted by molar-refractivity contribution is -0.149. The van der Waals surface area contributed by atoms with Gasteiger partial charge in [0.15, 0.2) is 6.10 Å². The average molecular weight is 216 g/mol. The minimum Gasteiger partial charge on any atom is -0.479 e. The van der Waals surface area contributed by atoms with Gasteiger partial charge in [-0.05, 0) is 12.3 Å². The van der Waals surface area contributed by atoms with E-state index in [2.05, 4.69) is 6.92 Å². The second kappa shape index (κ2) is 8.72. The van der Waals surface area contributed by atoms with Crippen molar-refractivity contribution in [3.8, 4) is 0 Å². The predicted molar refractivity (Wildman–Crippen MR) is 60.8 cm³/mol. The molecule has 90 valence electrons. The number of carboxylic acid groups (broad SMARTS) is 1. The molecule has 0 aromatic carbocycles. The van der Waals surface area contributed by atoms with Gasteiger partial charge in [0.05, 0.1) is 0 Å². The highest BCUT2D eigenvalue weighted by atomic mass is 16.4. The number of unbranched alkanes of at least 4 members (excludes halogenated alkanes) is 5. The smallest absolute Gasteiger partial charge is 0.332 e. The van der Waals surface area contributed by atoms with Crippen LogP contribution in [0.1, 0.15) is 58.8 Å². The first-order chi connectivity index (χ1) is 7.09. The minimum absolute atomic E-state index is 0.131. The summed E-state index contributed by atoms with van der Waals surface area (Å²) < 4.78 is 0. The first-order valence-corrected chi connectivity index (χ1v) is 6.00. The standard InChI is InChI=1S/C12H24O3/c1-3-4-5-6-7-8-9-10(2)11(13)12(14)15/h10-11,13H,3-9H2,1-2H3,(H,14,15). The average Bonchev–Trinajstić information content (AvgIpc) is 2.21. The zero-order valence-corrected chi connectivity index (χ0v) is 9.91. The molecule has 0 aliphatic rings. The van der Waals surface area contributed by atoms with Crippen molar-refractivity contribution >= 4 is 5.97 Å². The third-order valence-corrected chi connectivity index (χ3v) is 2.81. The number of carbonyl (C=O) groups is 1. The molecule has 15 heavy (non-hydrogen) atoms. The minimum atomic E-state index is -1.19. The normalized spacial score (nSPS) is 14.9. The van der Waals surface area contributed by atoms with E-state index >= 15 is 0 Å². The Kier molecular flexibility index (Phi) is 8.38. The lowest BCUT2D eigenvalue weighted by Gasteiger charge is -2.14. The van der Waals surface area contributed by atoms with E-state index in [1.54, 1.807) is 6.92 Å². The van der Waals surface area contributed by atoms with Crippen LogP contribution in [0, 0.1) is 5.92 Å². The maximum absolute atomic E-state index is 10.5. The summed E-state index contributed by atoms with van der Waals surface area (Å²) in [6.07, 6.45) is 6.81. The maximum atomic E-state index is 10.5. The molecule has 0 fully saturated rings. The van der Waals surface area contributed by atoms with Gasteiger partial charge in [-0.2, -0.15) is 0 Å². The second-order valence-electron chi connectivity index (χ2n) is 4.32. The molecule has 0 rings (SSSR count). The van der Waals surface area contributed by atoms with Gasteiger partial charge < -0.3 is 10.2 Å². The second-order valence-corrected chi connectivity index (χ2v) is 4.32. The monoisotopic (exact) mass is 216 g/mol. The zero-order chi connectivity index (χ0) is 11.7. The van der Waals surface area contributed by atoms with E-state index in [0.717, 1.165) is 19.3 Å². The van der Waals surface area contributed by atoms with Crippen molar-refractivity contribution in [2.24, 2.45) is 5.92 Å². The highest BCUT2D eigenvalue weighted by molar-refractivity contribution is 5.72. The number of aliphatic hydroxyl groups is 1. The number of aliphatic hydroxyl groups excluding tert-OH is 1. The Morgan fingerprint density at radius 3 is 2.20 bits per heavy atom. The van der Waals surface area contributed by atoms with Gasteiger partial charge in [0.25, 0.3) is 0 Å². The number of carboxylic acids is 1. The van der Waals surface area contributed by atoms with Crippen LogP contribution >= 0.6 is 0 Å². The van der Waals surface area contributed by atoms with Gasteiger partial charge in [-0.15, -0.1) is 0 Å². The van der Waals surface area contributed by atoms with Crippen LogP contribution in [0.5, 0.6) is 0 Å². The summed E-state index contributed by atoms with van der Waals surface area (Å²) in [5.41, 5.74) is 0. The van der Waals surface area contributed by atoms with Gasteiger partial charge in [-0.1, -0.05) is 52.4 Å². The summed E-state index contributed by atoms with van der Waals surface area (Å²) in [5, 5.41) is 17.8. The van der Waals surface area contributed by atoms with Crippen molar-refractivity contribution in [1.29, 1.82) is 0 Å². The highest BCUT2D eigenvalue weighted by Gasteiger charge is 2.20. The summed E-state index contributed by atoms with van der Waals surface area (Å²) in [4.78, 5) is 10.5. The third-order valence-electron chi connectivity index (χ3n) is 2.81. The molecule has 0 aromatic rings. The van der Waals surface area contributed by atoms with Gasteiger partial charge in [-0.3, -0.25) is 0 Å². The summed E-state index contributed by atoms with van der Waals surface area (Å²) in [6, 6.07) is 0. The van der Waals surface area contributed by atoms with Crippen molar-refractivity contribution in [3.63, 3.8) is 0 Å². The van der Waals surface area contributed by atoms with Crippen molar-refractivity contribution in [3.05, 3.63) is 0 Å². The van der Waals surface area contributed by atoms with Crippen LogP contribution in [0.15, 0.2) is 0 Å². The first-order valence-electron chi connectivity index (χ1n) is 6.00. The molecule has 0 aliphatic heterocycles. The summed E-state index contributed by atoms with van der Waals surface area (Å²) in [5.74, 6) is -1.23. The maximum Gasteiger partial charge on any atom is 0.332 e. The third kappa shape index (κ3) is 7.37. The Labute approximate surface area is 92.5 Å². The van der Waals surface area contributed by atoms with Crippen molar-refractivity contribution in [2.45, 2.75) is 64.9 Å². The van der Waals surface area contributed by atoms with Gasteiger partial charge in [0.1, 0.15) is 0 Å². The predicted octanol–water partition coefficient (Wildman–Crippen LogP) is 2.82. The molecular formula is C12H24O3. The van der Waals surface area contributed by atoms with Crippen LogP contribution in [0.2, 0.25) is 0 Å². The number of rotatable bonds is 9. The number of hydrogen-bond acceptors (Lipinski definition) is 2. The Hall–Kier alpha value is -0.570. The number of aliphatic carboxylic acids is 1. The van der Waals surface area contributed by atoms with Crippen LogP contribution in [-0.4, -0.2) is 22.3 Å². The van der Waals surface area contributed by atoms with Gasteiger partial charge >= 0.3 is 5.97 Å². The molecule has 0 saturated carbocycles. The first kappa shape index (κ1) is 14.4. The molecular weight excluding hydrogens is 192 g/mol. The van der Waals surface area contributed by atoms with Crippen LogP contribution in [0.4, 0.5) is 0 Å². The molecule has 0 bridgehead atoms. The Balaban J connectivity index is 3.38. The fourth-order valence-corrected chi connectivity index (χ4v) is 1.65. The summed E-state index contributed by atoms with van der Waals surface area (Å²) in [6.45, 7) is 3.98. The van der Waals surface area contributed by atoms with E-state index < -0.39 is 12.1 Å². The molecule has 0 amide bonds. The van der Waals surface area contributed by atoms with E-state index in [4.69, 9.17) is 5.11 Å². The largest absolute Gasteiger partial charge is 0.479 e. The van der Waals surface area contributed by atoms with E-state index in [0.29, 0.717) is 0 Å². The quantitative estimate of drug-likeness (QED) is 0.583. The fourth-order valence-electron chi connectivity index (χ4n) is 1.65. The van der Waals surface area contributed by atoms with Gasteiger partial charge in [0, 0.05) is 0 Å². The highest BCUT2D eigenvalue weighted by Crippen LogP contribution is 2.15. The van der Waals surface area contributed by atoms with Crippen LogP contribution in [-0.2, 0) is 4.79 Å². The Morgan fingerprint density at radius 2 is 1.67 bits per heavy atom. The molecule has 0 aliphatic carbocycles. The van der Waals surface area contributed by atoms with E-state index in [-0.39, 0.29) is 5.92 Å². The van der Waals surface area contributed by atoms with E-state index in [1.165, 1.54) is 25.7 Å². The fraction of sp³-hybridized carbons (Fsp3) is 0.917. The lowest BCUT2D eigenvalue weighted by Crippen LogP contribution is -2.27. The van der Waals surface area contributed by atoms with Crippen LogP contribution < -0.4 is 0 Å². The summed E-state index contributed by atoms with van der Waals surface area (Å²) >= 11 is 0. The van der Waals surface area contributed by atoms with E-state index in [9.17, 15) is 9.90 Å².